The summed E-state index contributed by atoms with van der Waals surface area (Å²) in [5, 5.41) is 13.0. The molecule has 0 bridgehead atoms. The Morgan fingerprint density at radius 1 is 1.17 bits per heavy atom. The topological polar surface area (TPSA) is 73.0 Å². The molecule has 1 N–H and O–H groups in total. The van der Waals surface area contributed by atoms with E-state index in [1.54, 1.807) is 6.08 Å². The monoisotopic (exact) mass is 546 g/mol. The number of allylic oxidation sites excluding steroid dienone is 1. The number of carbonyl (C=O) groups is 1. The van der Waals surface area contributed by atoms with E-state index in [-0.39, 0.29) is 11.7 Å². The number of rotatable bonds is 7. The fourth-order valence-electron chi connectivity index (χ4n) is 2.89. The van der Waals surface area contributed by atoms with Crippen LogP contribution in [0.15, 0.2) is 79.7 Å². The molecule has 0 unspecified atom stereocenters. The number of thioether (sulfide) groups is 1. The van der Waals surface area contributed by atoms with E-state index >= 15 is 0 Å². The van der Waals surface area contributed by atoms with Crippen LogP contribution in [-0.2, 0) is 11.3 Å². The van der Waals surface area contributed by atoms with E-state index in [0.717, 1.165) is 25.6 Å². The summed E-state index contributed by atoms with van der Waals surface area (Å²) in [6.45, 7) is 4.32. The molecular weight excluding hydrogens is 532 g/mol. The number of hydrogen-bond donors (Lipinski definition) is 1. The van der Waals surface area contributed by atoms with E-state index in [2.05, 4.69) is 54.0 Å². The van der Waals surface area contributed by atoms with Crippen LogP contribution in [0.4, 0.5) is 5.69 Å². The summed E-state index contributed by atoms with van der Waals surface area (Å²) in [6.07, 6.45) is 1.76. The highest BCUT2D eigenvalue weighted by molar-refractivity contribution is 9.10. The maximum atomic E-state index is 12.3. The second kappa shape index (κ2) is 9.20. The Morgan fingerprint density at radius 3 is 2.80 bits per heavy atom. The molecule has 0 saturated carbocycles. The van der Waals surface area contributed by atoms with Crippen LogP contribution in [0.3, 0.4) is 0 Å². The van der Waals surface area contributed by atoms with Crippen LogP contribution in [0.5, 0.6) is 0 Å². The molecule has 2 aromatic carbocycles. The minimum absolute atomic E-state index is 0.124. The summed E-state index contributed by atoms with van der Waals surface area (Å²) in [5.74, 6) is 1.29. The van der Waals surface area contributed by atoms with E-state index in [0.29, 0.717) is 23.3 Å². The third kappa shape index (κ3) is 4.69. The lowest BCUT2D eigenvalue weighted by molar-refractivity contribution is -0.113. The van der Waals surface area contributed by atoms with Crippen LogP contribution in [0.25, 0.3) is 22.6 Å². The molecule has 6 nitrogen and oxygen atoms in total. The number of aromatic nitrogens is 3. The van der Waals surface area contributed by atoms with E-state index in [4.69, 9.17) is 4.42 Å². The number of furan rings is 1. The van der Waals surface area contributed by atoms with Crippen molar-refractivity contribution in [3.8, 4) is 11.6 Å². The smallest absolute Gasteiger partial charge is 0.234 e. The van der Waals surface area contributed by atoms with Gasteiger partial charge in [0.25, 0.3) is 0 Å². The Bertz CT molecular complexity index is 1230. The molecule has 30 heavy (non-hydrogen) atoms. The van der Waals surface area contributed by atoms with Crippen molar-refractivity contribution in [2.75, 3.05) is 11.1 Å². The lowest BCUT2D eigenvalue weighted by atomic mass is 10.2. The van der Waals surface area contributed by atoms with Gasteiger partial charge in [0.15, 0.2) is 10.9 Å². The summed E-state index contributed by atoms with van der Waals surface area (Å²) in [5.41, 5.74) is 1.50. The molecule has 1 amide bonds. The molecule has 4 rings (SSSR count). The first kappa shape index (κ1) is 20.9. The number of hydrogen-bond acceptors (Lipinski definition) is 5. The number of benzene rings is 2. The average Bonchev–Trinajstić information content (AvgIpc) is 3.30. The third-order valence-corrected chi connectivity index (χ3v) is 6.12. The standard InChI is InChI=1S/C21H16Br2N4O2S/c1-2-8-27-20(18-10-13-9-15(23)6-7-17(13)29-18)25-26-21(27)30-12-19(28)24-16-5-3-4-14(22)11-16/h2-7,9-11H,1,8,12H2,(H,24,28). The molecule has 0 aliphatic heterocycles. The Kier molecular flexibility index (Phi) is 6.40. The normalized spacial score (nSPS) is 11.0. The highest BCUT2D eigenvalue weighted by Gasteiger charge is 2.18. The Morgan fingerprint density at radius 2 is 2.00 bits per heavy atom. The predicted octanol–water partition coefficient (Wildman–Crippen LogP) is 6.13. The van der Waals surface area contributed by atoms with Crippen molar-refractivity contribution in [1.82, 2.24) is 14.8 Å². The van der Waals surface area contributed by atoms with Gasteiger partial charge in [0.05, 0.1) is 5.75 Å². The quantitative estimate of drug-likeness (QED) is 0.222. The van der Waals surface area contributed by atoms with Gasteiger partial charge >= 0.3 is 0 Å². The SMILES string of the molecule is C=CCn1c(SCC(=O)Nc2cccc(Br)c2)nnc1-c1cc2cc(Br)ccc2o1. The number of nitrogens with one attached hydrogen (secondary N) is 1. The van der Waals surface area contributed by atoms with E-state index in [1.807, 2.05) is 53.1 Å². The Balaban J connectivity index is 1.53. The van der Waals surface area contributed by atoms with Crippen molar-refractivity contribution in [2.24, 2.45) is 0 Å². The molecule has 0 fully saturated rings. The van der Waals surface area contributed by atoms with Crippen LogP contribution in [0, 0.1) is 0 Å². The van der Waals surface area contributed by atoms with Crippen molar-refractivity contribution < 1.29 is 9.21 Å². The van der Waals surface area contributed by atoms with Gasteiger partial charge in [-0.25, -0.2) is 0 Å². The fourth-order valence-corrected chi connectivity index (χ4v) is 4.42. The van der Waals surface area contributed by atoms with E-state index in [1.165, 1.54) is 11.8 Å². The van der Waals surface area contributed by atoms with Gasteiger partial charge in [0.2, 0.25) is 11.7 Å². The van der Waals surface area contributed by atoms with Crippen LogP contribution < -0.4 is 5.32 Å². The Labute approximate surface area is 194 Å². The molecule has 0 saturated heterocycles. The highest BCUT2D eigenvalue weighted by Crippen LogP contribution is 2.31. The van der Waals surface area contributed by atoms with E-state index < -0.39 is 0 Å². The molecule has 0 atom stereocenters. The van der Waals surface area contributed by atoms with Gasteiger partial charge in [-0.2, -0.15) is 0 Å². The molecule has 2 aromatic heterocycles. The highest BCUT2D eigenvalue weighted by atomic mass is 79.9. The van der Waals surface area contributed by atoms with Gasteiger partial charge < -0.3 is 9.73 Å². The van der Waals surface area contributed by atoms with Crippen molar-refractivity contribution >= 4 is 66.2 Å². The summed E-state index contributed by atoms with van der Waals surface area (Å²) < 4.78 is 9.72. The van der Waals surface area contributed by atoms with Crippen LogP contribution in [-0.4, -0.2) is 26.4 Å². The molecule has 2 heterocycles. The largest absolute Gasteiger partial charge is 0.453 e. The van der Waals surface area contributed by atoms with Gasteiger partial charge in [0, 0.05) is 26.6 Å². The number of halogens is 2. The van der Waals surface area contributed by atoms with Gasteiger partial charge in [-0.3, -0.25) is 9.36 Å². The summed E-state index contributed by atoms with van der Waals surface area (Å²) in [6, 6.07) is 15.2. The predicted molar refractivity (Wildman–Crippen MR) is 127 cm³/mol. The number of fused-ring (bicyclic) bond motifs is 1. The average molecular weight is 548 g/mol. The fraction of sp³-hybridized carbons (Fsp3) is 0.0952. The van der Waals surface area contributed by atoms with Gasteiger partial charge in [-0.15, -0.1) is 16.8 Å². The van der Waals surface area contributed by atoms with Crippen molar-refractivity contribution in [3.63, 3.8) is 0 Å². The zero-order chi connectivity index (χ0) is 21.1. The lowest BCUT2D eigenvalue weighted by Crippen LogP contribution is -2.14. The molecule has 0 aliphatic rings. The first-order chi connectivity index (χ1) is 14.5. The maximum absolute atomic E-state index is 12.3. The van der Waals surface area contributed by atoms with Gasteiger partial charge in [0.1, 0.15) is 5.58 Å². The molecule has 0 radical (unpaired) electrons. The molecule has 4 aromatic rings. The van der Waals surface area contributed by atoms with Crippen LogP contribution >= 0.6 is 43.6 Å². The molecule has 9 heteroatoms. The zero-order valence-corrected chi connectivity index (χ0v) is 19.6. The molecular formula is C21H16Br2N4O2S. The summed E-state index contributed by atoms with van der Waals surface area (Å²) >= 11 is 8.18. The molecule has 0 aliphatic carbocycles. The molecule has 0 spiro atoms. The number of nitrogens with zero attached hydrogens (tertiary/aromatic N) is 3. The number of amides is 1. The second-order valence-corrected chi connectivity index (χ2v) is 9.12. The summed E-state index contributed by atoms with van der Waals surface area (Å²) in [7, 11) is 0. The van der Waals surface area contributed by atoms with E-state index in [9.17, 15) is 4.79 Å². The maximum Gasteiger partial charge on any atom is 0.234 e. The summed E-state index contributed by atoms with van der Waals surface area (Å²) in [4.78, 5) is 12.3. The van der Waals surface area contributed by atoms with Crippen molar-refractivity contribution in [1.29, 1.82) is 0 Å². The Hall–Kier alpha value is -2.36. The number of carbonyl (C=O) groups excluding carboxylic acids is 1. The van der Waals surface area contributed by atoms with Gasteiger partial charge in [-0.1, -0.05) is 55.8 Å². The minimum atomic E-state index is -0.124. The minimum Gasteiger partial charge on any atom is -0.453 e. The first-order valence-electron chi connectivity index (χ1n) is 8.95. The van der Waals surface area contributed by atoms with Crippen molar-refractivity contribution in [2.45, 2.75) is 11.7 Å². The molecule has 152 valence electrons. The van der Waals surface area contributed by atoms with Crippen LogP contribution in [0.1, 0.15) is 0 Å². The second-order valence-electron chi connectivity index (χ2n) is 6.35. The third-order valence-electron chi connectivity index (χ3n) is 4.17. The van der Waals surface area contributed by atoms with Gasteiger partial charge in [-0.05, 0) is 42.5 Å². The van der Waals surface area contributed by atoms with Crippen molar-refractivity contribution in [3.05, 3.63) is 70.1 Å². The van der Waals surface area contributed by atoms with Crippen LogP contribution in [0.2, 0.25) is 0 Å². The zero-order valence-electron chi connectivity index (χ0n) is 15.6. The lowest BCUT2D eigenvalue weighted by Gasteiger charge is -2.07. The first-order valence-corrected chi connectivity index (χ1v) is 11.5. The number of anilines is 1.